The van der Waals surface area contributed by atoms with Crippen molar-refractivity contribution in [2.45, 2.75) is 32.4 Å². The second-order valence-corrected chi connectivity index (χ2v) is 5.52. The van der Waals surface area contributed by atoms with Crippen LogP contribution in [0.2, 0.25) is 0 Å². The summed E-state index contributed by atoms with van der Waals surface area (Å²) in [6, 6.07) is 4.44. The summed E-state index contributed by atoms with van der Waals surface area (Å²) in [5, 5.41) is 0. The molecule has 1 atom stereocenters. The van der Waals surface area contributed by atoms with E-state index in [2.05, 4.69) is 22.9 Å². The van der Waals surface area contributed by atoms with Gasteiger partial charge in [-0.25, -0.2) is 0 Å². The first-order valence-electron chi connectivity index (χ1n) is 6.55. The molecule has 100 valence electrons. The van der Waals surface area contributed by atoms with E-state index in [0.717, 1.165) is 37.6 Å². The molecular weight excluding hydrogens is 226 g/mol. The predicted octanol–water partition coefficient (Wildman–Crippen LogP) is 1.67. The minimum atomic E-state index is -0.317. The molecule has 0 saturated carbocycles. The maximum absolute atomic E-state index is 6.14. The lowest BCUT2D eigenvalue weighted by Crippen LogP contribution is -2.38. The van der Waals surface area contributed by atoms with E-state index in [-0.39, 0.29) is 5.54 Å². The number of nitrogens with two attached hydrogens (primary N) is 1. The Bertz CT molecular complexity index is 394. The summed E-state index contributed by atoms with van der Waals surface area (Å²) in [5.74, 6) is 0. The number of hydrogen-bond acceptors (Lipinski definition) is 4. The number of morpholine rings is 1. The molecule has 0 amide bonds. The average Bonchev–Trinajstić information content (AvgIpc) is 2.38. The van der Waals surface area contributed by atoms with Gasteiger partial charge in [-0.3, -0.25) is 9.88 Å². The number of aromatic nitrogens is 1. The molecule has 1 unspecified atom stereocenters. The first-order chi connectivity index (χ1) is 8.48. The molecular formula is C14H23N3O. The number of pyridine rings is 1. The maximum atomic E-state index is 6.14. The summed E-state index contributed by atoms with van der Waals surface area (Å²) in [4.78, 5) is 6.89. The highest BCUT2D eigenvalue weighted by molar-refractivity contribution is 5.24. The highest BCUT2D eigenvalue weighted by atomic mass is 16.5. The Morgan fingerprint density at radius 1 is 1.39 bits per heavy atom. The zero-order valence-electron chi connectivity index (χ0n) is 11.5. The van der Waals surface area contributed by atoms with E-state index < -0.39 is 0 Å². The molecule has 2 N–H and O–H groups in total. The van der Waals surface area contributed by atoms with Gasteiger partial charge in [-0.05, 0) is 38.5 Å². The molecule has 2 rings (SSSR count). The largest absolute Gasteiger partial charge is 0.379 e. The van der Waals surface area contributed by atoms with Crippen molar-refractivity contribution < 1.29 is 4.74 Å². The molecule has 1 aliphatic heterocycles. The predicted molar refractivity (Wildman–Crippen MR) is 72.3 cm³/mol. The van der Waals surface area contributed by atoms with Gasteiger partial charge in [-0.1, -0.05) is 0 Å². The lowest BCUT2D eigenvalue weighted by atomic mass is 9.95. The molecule has 0 aromatic carbocycles. The van der Waals surface area contributed by atoms with Crippen LogP contribution in [-0.2, 0) is 10.3 Å². The first-order valence-corrected chi connectivity index (χ1v) is 6.55. The van der Waals surface area contributed by atoms with Gasteiger partial charge in [0, 0.05) is 30.9 Å². The van der Waals surface area contributed by atoms with E-state index in [1.54, 1.807) is 0 Å². The minimum Gasteiger partial charge on any atom is -0.379 e. The van der Waals surface area contributed by atoms with Gasteiger partial charge in [0.1, 0.15) is 0 Å². The van der Waals surface area contributed by atoms with Crippen LogP contribution in [0.15, 0.2) is 18.3 Å². The smallest absolute Gasteiger partial charge is 0.0594 e. The van der Waals surface area contributed by atoms with Crippen molar-refractivity contribution in [2.24, 2.45) is 5.73 Å². The van der Waals surface area contributed by atoms with Crippen molar-refractivity contribution in [2.75, 3.05) is 26.3 Å². The first kappa shape index (κ1) is 13.5. The number of ether oxygens (including phenoxy) is 1. The van der Waals surface area contributed by atoms with Gasteiger partial charge in [0.15, 0.2) is 0 Å². The van der Waals surface area contributed by atoms with E-state index in [1.165, 1.54) is 0 Å². The quantitative estimate of drug-likeness (QED) is 0.885. The number of hydrogen-bond donors (Lipinski definition) is 1. The van der Waals surface area contributed by atoms with E-state index in [9.17, 15) is 0 Å². The van der Waals surface area contributed by atoms with Crippen LogP contribution in [0.3, 0.4) is 0 Å². The van der Waals surface area contributed by atoms with Crippen LogP contribution in [0.1, 0.15) is 38.1 Å². The zero-order chi connectivity index (χ0) is 13.2. The zero-order valence-corrected chi connectivity index (χ0v) is 11.5. The van der Waals surface area contributed by atoms with Crippen molar-refractivity contribution in [3.8, 4) is 0 Å². The van der Waals surface area contributed by atoms with E-state index >= 15 is 0 Å². The van der Waals surface area contributed by atoms with Gasteiger partial charge in [0.2, 0.25) is 0 Å². The van der Waals surface area contributed by atoms with Gasteiger partial charge >= 0.3 is 0 Å². The SMILES string of the molecule is CC(c1cc(C(C)(C)N)ccn1)N1CCOCC1. The van der Waals surface area contributed by atoms with Crippen LogP contribution in [0.5, 0.6) is 0 Å². The minimum absolute atomic E-state index is 0.316. The van der Waals surface area contributed by atoms with Gasteiger partial charge in [0.05, 0.1) is 18.9 Å². The highest BCUT2D eigenvalue weighted by Crippen LogP contribution is 2.23. The fraction of sp³-hybridized carbons (Fsp3) is 0.643. The van der Waals surface area contributed by atoms with Gasteiger partial charge in [0.25, 0.3) is 0 Å². The summed E-state index contributed by atoms with van der Waals surface area (Å²) in [5.41, 5.74) is 8.05. The lowest BCUT2D eigenvalue weighted by Gasteiger charge is -2.32. The topological polar surface area (TPSA) is 51.4 Å². The van der Waals surface area contributed by atoms with E-state index in [1.807, 2.05) is 26.1 Å². The number of nitrogens with zero attached hydrogens (tertiary/aromatic N) is 2. The molecule has 0 bridgehead atoms. The van der Waals surface area contributed by atoms with Crippen LogP contribution in [0.4, 0.5) is 0 Å². The number of rotatable bonds is 3. The lowest BCUT2D eigenvalue weighted by molar-refractivity contribution is 0.0190. The monoisotopic (exact) mass is 249 g/mol. The van der Waals surface area contributed by atoms with Gasteiger partial charge in [-0.15, -0.1) is 0 Å². The van der Waals surface area contributed by atoms with E-state index in [0.29, 0.717) is 6.04 Å². The Kier molecular flexibility index (Phi) is 4.00. The van der Waals surface area contributed by atoms with Crippen LogP contribution in [-0.4, -0.2) is 36.2 Å². The third-order valence-corrected chi connectivity index (χ3v) is 3.55. The average molecular weight is 249 g/mol. The van der Waals surface area contributed by atoms with Crippen LogP contribution in [0.25, 0.3) is 0 Å². The molecule has 0 radical (unpaired) electrons. The Morgan fingerprint density at radius 3 is 2.67 bits per heavy atom. The summed E-state index contributed by atoms with van der Waals surface area (Å²) < 4.78 is 5.38. The second-order valence-electron chi connectivity index (χ2n) is 5.52. The Labute approximate surface area is 109 Å². The van der Waals surface area contributed by atoms with Crippen molar-refractivity contribution in [3.63, 3.8) is 0 Å². The third-order valence-electron chi connectivity index (χ3n) is 3.55. The maximum Gasteiger partial charge on any atom is 0.0594 e. The fourth-order valence-electron chi connectivity index (χ4n) is 2.23. The molecule has 4 nitrogen and oxygen atoms in total. The Morgan fingerprint density at radius 2 is 2.06 bits per heavy atom. The molecule has 0 spiro atoms. The molecule has 18 heavy (non-hydrogen) atoms. The Balaban J connectivity index is 2.17. The van der Waals surface area contributed by atoms with Crippen LogP contribution >= 0.6 is 0 Å². The molecule has 1 aromatic rings. The summed E-state index contributed by atoms with van der Waals surface area (Å²) in [6.07, 6.45) is 1.86. The van der Waals surface area contributed by atoms with Crippen molar-refractivity contribution in [1.82, 2.24) is 9.88 Å². The molecule has 4 heteroatoms. The summed E-state index contributed by atoms with van der Waals surface area (Å²) >= 11 is 0. The summed E-state index contributed by atoms with van der Waals surface area (Å²) in [6.45, 7) is 9.80. The van der Waals surface area contributed by atoms with E-state index in [4.69, 9.17) is 10.5 Å². The molecule has 1 fully saturated rings. The van der Waals surface area contributed by atoms with Crippen molar-refractivity contribution in [1.29, 1.82) is 0 Å². The van der Waals surface area contributed by atoms with Crippen molar-refractivity contribution in [3.05, 3.63) is 29.6 Å². The second kappa shape index (κ2) is 5.34. The fourth-order valence-corrected chi connectivity index (χ4v) is 2.23. The Hall–Kier alpha value is -0.970. The van der Waals surface area contributed by atoms with Gasteiger partial charge < -0.3 is 10.5 Å². The third kappa shape index (κ3) is 3.07. The molecule has 1 aliphatic rings. The van der Waals surface area contributed by atoms with Crippen molar-refractivity contribution >= 4 is 0 Å². The molecule has 2 heterocycles. The normalized spacial score (nSPS) is 19.8. The standard InChI is InChI=1S/C14H23N3O/c1-11(17-6-8-18-9-7-17)13-10-12(4-5-16-13)14(2,3)15/h4-5,10-11H,6-9,15H2,1-3H3. The van der Waals surface area contributed by atoms with Gasteiger partial charge in [-0.2, -0.15) is 0 Å². The molecule has 0 aliphatic carbocycles. The van der Waals surface area contributed by atoms with Crippen LogP contribution in [0, 0.1) is 0 Å². The molecule has 1 aromatic heterocycles. The molecule has 1 saturated heterocycles. The van der Waals surface area contributed by atoms with Crippen LogP contribution < -0.4 is 5.73 Å². The summed E-state index contributed by atoms with van der Waals surface area (Å²) in [7, 11) is 0. The highest BCUT2D eigenvalue weighted by Gasteiger charge is 2.21.